The molecule has 4 rings (SSSR count). The molecule has 2 aromatic heterocycles. The predicted molar refractivity (Wildman–Crippen MR) is 103 cm³/mol. The molecule has 2 aromatic rings. The molecule has 28 heavy (non-hydrogen) atoms. The van der Waals surface area contributed by atoms with E-state index in [4.69, 9.17) is 18.8 Å². The van der Waals surface area contributed by atoms with Crippen molar-refractivity contribution in [1.29, 1.82) is 0 Å². The van der Waals surface area contributed by atoms with Gasteiger partial charge in [-0.1, -0.05) is 19.0 Å². The second-order valence-electron chi connectivity index (χ2n) is 8.59. The van der Waals surface area contributed by atoms with Crippen LogP contribution in [0.15, 0.2) is 27.1 Å². The van der Waals surface area contributed by atoms with Gasteiger partial charge in [0.05, 0.1) is 32.0 Å². The van der Waals surface area contributed by atoms with Crippen LogP contribution in [-0.2, 0) is 30.9 Å². The summed E-state index contributed by atoms with van der Waals surface area (Å²) in [5, 5.41) is 17.0. The van der Waals surface area contributed by atoms with Crippen LogP contribution in [0.3, 0.4) is 0 Å². The van der Waals surface area contributed by atoms with Crippen LogP contribution in [0.1, 0.15) is 43.2 Å². The van der Waals surface area contributed by atoms with Crippen LogP contribution in [0.5, 0.6) is 0 Å². The molecule has 0 bridgehead atoms. The molecule has 2 fully saturated rings. The minimum Gasteiger partial charge on any atom is -0.462 e. The van der Waals surface area contributed by atoms with Crippen molar-refractivity contribution in [2.75, 3.05) is 26.3 Å². The summed E-state index contributed by atoms with van der Waals surface area (Å²) in [4.78, 5) is 2.35. The fourth-order valence-corrected chi connectivity index (χ4v) is 4.29. The van der Waals surface area contributed by atoms with Crippen molar-refractivity contribution in [3.8, 4) is 0 Å². The number of aromatic nitrogens is 1. The molecule has 0 radical (unpaired) electrons. The molecule has 2 N–H and O–H groups in total. The van der Waals surface area contributed by atoms with Crippen LogP contribution in [0.4, 0.5) is 0 Å². The topological polar surface area (TPSA) is 83.9 Å². The van der Waals surface area contributed by atoms with Crippen molar-refractivity contribution in [2.45, 2.75) is 52.4 Å². The quantitative estimate of drug-likeness (QED) is 0.717. The summed E-state index contributed by atoms with van der Waals surface area (Å²) >= 11 is 0. The number of aliphatic hydroxyl groups excluding tert-OH is 1. The lowest BCUT2D eigenvalue weighted by Gasteiger charge is -2.52. The number of rotatable bonds is 8. The largest absolute Gasteiger partial charge is 0.462 e. The van der Waals surface area contributed by atoms with Crippen LogP contribution in [0.25, 0.3) is 0 Å². The van der Waals surface area contributed by atoms with Gasteiger partial charge in [0.1, 0.15) is 18.1 Å². The van der Waals surface area contributed by atoms with Crippen LogP contribution >= 0.6 is 0 Å². The molecule has 1 aliphatic heterocycles. The Kier molecular flexibility index (Phi) is 5.87. The smallest absolute Gasteiger partial charge is 0.150 e. The van der Waals surface area contributed by atoms with E-state index in [1.807, 2.05) is 12.1 Å². The summed E-state index contributed by atoms with van der Waals surface area (Å²) in [7, 11) is 0. The molecule has 2 aliphatic rings. The van der Waals surface area contributed by atoms with Crippen LogP contribution in [-0.4, -0.2) is 47.5 Å². The lowest BCUT2D eigenvalue weighted by Crippen LogP contribution is -2.57. The summed E-state index contributed by atoms with van der Waals surface area (Å²) in [6.07, 6.45) is 2.07. The van der Waals surface area contributed by atoms with Gasteiger partial charge < -0.3 is 24.1 Å². The minimum absolute atomic E-state index is 0.0534. The summed E-state index contributed by atoms with van der Waals surface area (Å²) in [5.41, 5.74) is 1.24. The van der Waals surface area contributed by atoms with Gasteiger partial charge in [-0.2, -0.15) is 0 Å². The number of morpholine rings is 1. The molecule has 3 heterocycles. The number of ether oxygens (including phenoxy) is 1. The molecule has 0 unspecified atom stereocenters. The molecule has 0 aromatic carbocycles. The molecule has 1 saturated carbocycles. The maximum absolute atomic E-state index is 9.10. The second-order valence-corrected chi connectivity index (χ2v) is 8.59. The normalized spacial score (nSPS) is 25.0. The Morgan fingerprint density at radius 1 is 1.21 bits per heavy atom. The van der Waals surface area contributed by atoms with Crippen molar-refractivity contribution >= 4 is 0 Å². The van der Waals surface area contributed by atoms with Gasteiger partial charge in [0, 0.05) is 25.2 Å². The third-order valence-electron chi connectivity index (χ3n) is 6.41. The van der Waals surface area contributed by atoms with Gasteiger partial charge in [0.2, 0.25) is 0 Å². The molecule has 7 heteroatoms. The number of nitrogens with zero attached hydrogens (tertiary/aromatic N) is 2. The first kappa shape index (κ1) is 19.6. The van der Waals surface area contributed by atoms with E-state index in [1.165, 1.54) is 0 Å². The van der Waals surface area contributed by atoms with Crippen molar-refractivity contribution in [1.82, 2.24) is 15.4 Å². The summed E-state index contributed by atoms with van der Waals surface area (Å²) < 4.78 is 16.5. The van der Waals surface area contributed by atoms with Crippen molar-refractivity contribution < 1.29 is 18.8 Å². The average Bonchev–Trinajstić information content (AvgIpc) is 3.34. The van der Waals surface area contributed by atoms with Crippen LogP contribution in [0.2, 0.25) is 0 Å². The van der Waals surface area contributed by atoms with Gasteiger partial charge in [-0.3, -0.25) is 4.90 Å². The highest BCUT2D eigenvalue weighted by Gasteiger charge is 2.47. The van der Waals surface area contributed by atoms with E-state index in [-0.39, 0.29) is 12.0 Å². The Hall–Kier alpha value is -1.67. The third kappa shape index (κ3) is 4.33. The fraction of sp³-hybridized carbons (Fsp3) is 0.667. The summed E-state index contributed by atoms with van der Waals surface area (Å²) in [6.45, 7) is 9.58. The third-order valence-corrected chi connectivity index (χ3v) is 6.41. The highest BCUT2D eigenvalue weighted by Crippen LogP contribution is 2.47. The zero-order valence-electron chi connectivity index (χ0n) is 16.8. The molecule has 1 saturated heterocycles. The Labute approximate surface area is 166 Å². The molecule has 7 nitrogen and oxygen atoms in total. The van der Waals surface area contributed by atoms with E-state index in [2.05, 4.69) is 35.3 Å². The summed E-state index contributed by atoms with van der Waals surface area (Å²) in [5.74, 6) is 3.01. The Morgan fingerprint density at radius 3 is 2.71 bits per heavy atom. The van der Waals surface area contributed by atoms with Gasteiger partial charge in [0.25, 0.3) is 0 Å². The average molecular weight is 389 g/mol. The first-order valence-electron chi connectivity index (χ1n) is 10.2. The van der Waals surface area contributed by atoms with Gasteiger partial charge in [-0.15, -0.1) is 0 Å². The number of nitrogens with one attached hydrogen (secondary N) is 1. The predicted octanol–water partition coefficient (Wildman–Crippen LogP) is 2.34. The van der Waals surface area contributed by atoms with Crippen LogP contribution < -0.4 is 5.32 Å². The van der Waals surface area contributed by atoms with E-state index >= 15 is 0 Å². The van der Waals surface area contributed by atoms with E-state index in [1.54, 1.807) is 0 Å². The Balaban J connectivity index is 1.25. The first-order chi connectivity index (χ1) is 13.5. The summed E-state index contributed by atoms with van der Waals surface area (Å²) in [6, 6.07) is 6.31. The van der Waals surface area contributed by atoms with Crippen molar-refractivity contribution in [3.05, 3.63) is 41.2 Å². The number of hydrogen-bond acceptors (Lipinski definition) is 7. The number of furan rings is 1. The van der Waals surface area contributed by atoms with Gasteiger partial charge >= 0.3 is 0 Å². The van der Waals surface area contributed by atoms with Gasteiger partial charge in [-0.05, 0) is 36.3 Å². The monoisotopic (exact) mass is 389 g/mol. The Bertz CT molecular complexity index is 763. The lowest BCUT2D eigenvalue weighted by molar-refractivity contribution is 0.0114. The standard InChI is InChI=1S/C21H31N3O4/c1-21(2)15(10-20(21)22-12-17-3-4-18(14-25)27-17)9-16-11-19(28-23-16)13-24-5-7-26-8-6-24/h3-4,11,15,20,22,25H,5-10,12-14H2,1-2H3/t15-,20+/m1/s1. The van der Waals surface area contributed by atoms with Crippen LogP contribution in [0, 0.1) is 11.3 Å². The molecule has 154 valence electrons. The zero-order chi connectivity index (χ0) is 19.6. The van der Waals surface area contributed by atoms with Crippen molar-refractivity contribution in [2.24, 2.45) is 11.3 Å². The van der Waals surface area contributed by atoms with E-state index in [9.17, 15) is 0 Å². The van der Waals surface area contributed by atoms with Gasteiger partial charge in [0.15, 0.2) is 5.76 Å². The highest BCUT2D eigenvalue weighted by atomic mass is 16.5. The van der Waals surface area contributed by atoms with E-state index in [0.29, 0.717) is 24.3 Å². The fourth-order valence-electron chi connectivity index (χ4n) is 4.29. The number of aliphatic hydroxyl groups is 1. The minimum atomic E-state index is -0.0534. The highest BCUT2D eigenvalue weighted by molar-refractivity contribution is 5.12. The maximum Gasteiger partial charge on any atom is 0.150 e. The van der Waals surface area contributed by atoms with E-state index in [0.717, 1.165) is 62.9 Å². The molecule has 0 amide bonds. The number of hydrogen-bond donors (Lipinski definition) is 2. The molecular formula is C21H31N3O4. The first-order valence-corrected chi connectivity index (χ1v) is 10.2. The lowest BCUT2D eigenvalue weighted by atomic mass is 9.57. The van der Waals surface area contributed by atoms with Gasteiger partial charge in [-0.25, -0.2) is 0 Å². The second kappa shape index (κ2) is 8.37. The SMILES string of the molecule is CC1(C)[C@H](Cc2cc(CN3CCOCC3)on2)C[C@@H]1NCc1ccc(CO)o1. The maximum atomic E-state index is 9.10. The molecule has 0 spiro atoms. The Morgan fingerprint density at radius 2 is 2.00 bits per heavy atom. The van der Waals surface area contributed by atoms with Crippen molar-refractivity contribution in [3.63, 3.8) is 0 Å². The molecular weight excluding hydrogens is 358 g/mol. The van der Waals surface area contributed by atoms with E-state index < -0.39 is 0 Å². The zero-order valence-corrected chi connectivity index (χ0v) is 16.8. The molecule has 2 atom stereocenters. The molecule has 1 aliphatic carbocycles.